The molecule has 0 saturated carbocycles. The maximum Gasteiger partial charge on any atom is 0.239 e. The molecule has 0 aromatic carbocycles. The van der Waals surface area contributed by atoms with Gasteiger partial charge in [0.05, 0.1) is 6.54 Å². The second kappa shape index (κ2) is 8.63. The number of carbonyl (C=O) groups excluding carboxylic acids is 1. The van der Waals surface area contributed by atoms with Crippen LogP contribution in [0.4, 0.5) is 11.6 Å². The predicted octanol–water partition coefficient (Wildman–Crippen LogP) is 1.59. The topological polar surface area (TPSA) is 70.2 Å². The summed E-state index contributed by atoms with van der Waals surface area (Å²) in [5, 5.41) is 6.73. The molecule has 1 aromatic heterocycles. The van der Waals surface area contributed by atoms with Crippen molar-refractivity contribution >= 4 is 29.3 Å². The molecule has 2 N–H and O–H groups in total. The van der Waals surface area contributed by atoms with Crippen LogP contribution in [0.3, 0.4) is 0 Å². The summed E-state index contributed by atoms with van der Waals surface area (Å²) in [5.74, 6) is 1.53. The van der Waals surface area contributed by atoms with Gasteiger partial charge in [-0.25, -0.2) is 9.97 Å². The fourth-order valence-corrected chi connectivity index (χ4v) is 1.97. The molecule has 6 nitrogen and oxygen atoms in total. The van der Waals surface area contributed by atoms with E-state index in [0.717, 1.165) is 24.6 Å². The minimum Gasteiger partial charge on any atom is -0.370 e. The average molecular weight is 297 g/mol. The Morgan fingerprint density at radius 1 is 1.40 bits per heavy atom. The predicted molar refractivity (Wildman–Crippen MR) is 84.5 cm³/mol. The number of nitrogens with one attached hydrogen (secondary N) is 2. The summed E-state index contributed by atoms with van der Waals surface area (Å²) in [6.07, 6.45) is 2.97. The number of likely N-dealkylation sites (N-methyl/N-ethyl adjacent to an activating group) is 2. The van der Waals surface area contributed by atoms with E-state index in [9.17, 15) is 4.79 Å². The number of aromatic nitrogens is 2. The number of nitrogens with zero attached hydrogens (tertiary/aromatic N) is 3. The van der Waals surface area contributed by atoms with E-state index in [2.05, 4.69) is 27.5 Å². The third-order valence-electron chi connectivity index (χ3n) is 2.58. The fraction of sp³-hybridized carbons (Fsp3) is 0.615. The van der Waals surface area contributed by atoms with Crippen LogP contribution in [-0.4, -0.2) is 48.8 Å². The van der Waals surface area contributed by atoms with Crippen molar-refractivity contribution in [2.24, 2.45) is 0 Å². The molecule has 0 bridgehead atoms. The zero-order chi connectivity index (χ0) is 15.0. The van der Waals surface area contributed by atoms with Gasteiger partial charge in [-0.05, 0) is 19.6 Å². The zero-order valence-corrected chi connectivity index (χ0v) is 13.4. The van der Waals surface area contributed by atoms with Crippen LogP contribution in [0, 0.1) is 0 Å². The Labute approximate surface area is 124 Å². The third kappa shape index (κ3) is 5.24. The van der Waals surface area contributed by atoms with Gasteiger partial charge in [-0.2, -0.15) is 0 Å². The molecule has 1 amide bonds. The van der Waals surface area contributed by atoms with Crippen molar-refractivity contribution in [3.63, 3.8) is 0 Å². The molecule has 0 atom stereocenters. The zero-order valence-electron chi connectivity index (χ0n) is 12.6. The van der Waals surface area contributed by atoms with Crippen LogP contribution in [0.25, 0.3) is 0 Å². The van der Waals surface area contributed by atoms with E-state index < -0.39 is 0 Å². The Balaban J connectivity index is 2.83. The van der Waals surface area contributed by atoms with Gasteiger partial charge in [0.1, 0.15) is 11.6 Å². The van der Waals surface area contributed by atoms with Gasteiger partial charge in [0.15, 0.2) is 5.16 Å². The highest BCUT2D eigenvalue weighted by Crippen LogP contribution is 2.19. The van der Waals surface area contributed by atoms with E-state index in [1.165, 1.54) is 11.8 Å². The first kappa shape index (κ1) is 16.6. The Morgan fingerprint density at radius 2 is 2.15 bits per heavy atom. The molecule has 112 valence electrons. The van der Waals surface area contributed by atoms with E-state index in [0.29, 0.717) is 11.7 Å². The number of carbonyl (C=O) groups is 1. The fourth-order valence-electron chi connectivity index (χ4n) is 1.59. The summed E-state index contributed by atoms with van der Waals surface area (Å²) in [5.41, 5.74) is 0. The van der Waals surface area contributed by atoms with Crippen LogP contribution in [0.2, 0.25) is 0 Å². The lowest BCUT2D eigenvalue weighted by molar-refractivity contribution is -0.119. The number of thioether (sulfide) groups is 1. The van der Waals surface area contributed by atoms with Crippen molar-refractivity contribution in [2.75, 3.05) is 43.2 Å². The quantitative estimate of drug-likeness (QED) is 0.561. The second-order valence-electron chi connectivity index (χ2n) is 4.33. The van der Waals surface area contributed by atoms with Gasteiger partial charge in [-0.15, -0.1) is 0 Å². The van der Waals surface area contributed by atoms with Crippen molar-refractivity contribution in [2.45, 2.75) is 25.4 Å². The van der Waals surface area contributed by atoms with Gasteiger partial charge in [-0.1, -0.05) is 18.7 Å². The molecule has 0 saturated heterocycles. The highest BCUT2D eigenvalue weighted by atomic mass is 32.2. The monoisotopic (exact) mass is 297 g/mol. The van der Waals surface area contributed by atoms with Crippen molar-refractivity contribution in [1.29, 1.82) is 0 Å². The van der Waals surface area contributed by atoms with Crippen molar-refractivity contribution < 1.29 is 4.79 Å². The molecule has 20 heavy (non-hydrogen) atoms. The first-order chi connectivity index (χ1) is 9.60. The Morgan fingerprint density at radius 3 is 2.75 bits per heavy atom. The van der Waals surface area contributed by atoms with Gasteiger partial charge in [-0.3, -0.25) is 4.79 Å². The molecule has 0 spiro atoms. The van der Waals surface area contributed by atoms with E-state index in [1.54, 1.807) is 0 Å². The summed E-state index contributed by atoms with van der Waals surface area (Å²) < 4.78 is 0. The molecular weight excluding hydrogens is 274 g/mol. The molecule has 7 heteroatoms. The minimum absolute atomic E-state index is 0.0117. The SMILES string of the molecule is CCCNc1cc(N(C)CC(=O)NCC)nc(SC)n1. The van der Waals surface area contributed by atoms with E-state index >= 15 is 0 Å². The average Bonchev–Trinajstić information content (AvgIpc) is 2.44. The molecule has 1 rings (SSSR count). The van der Waals surface area contributed by atoms with Crippen LogP contribution < -0.4 is 15.5 Å². The van der Waals surface area contributed by atoms with Crippen LogP contribution in [0.15, 0.2) is 11.2 Å². The number of hydrogen-bond acceptors (Lipinski definition) is 6. The number of amides is 1. The molecule has 0 unspecified atom stereocenters. The Bertz CT molecular complexity index is 441. The molecule has 0 aliphatic carbocycles. The van der Waals surface area contributed by atoms with Crippen LogP contribution in [0.5, 0.6) is 0 Å². The van der Waals surface area contributed by atoms with Gasteiger partial charge in [0.2, 0.25) is 5.91 Å². The van der Waals surface area contributed by atoms with Crippen molar-refractivity contribution in [3.05, 3.63) is 6.07 Å². The largest absolute Gasteiger partial charge is 0.370 e. The molecule has 1 aromatic rings. The number of anilines is 2. The summed E-state index contributed by atoms with van der Waals surface area (Å²) in [4.78, 5) is 22.3. The van der Waals surface area contributed by atoms with E-state index in [-0.39, 0.29) is 12.5 Å². The summed E-state index contributed by atoms with van der Waals surface area (Å²) >= 11 is 1.49. The van der Waals surface area contributed by atoms with Crippen LogP contribution in [0.1, 0.15) is 20.3 Å². The van der Waals surface area contributed by atoms with Gasteiger partial charge in [0.25, 0.3) is 0 Å². The molecule has 0 aliphatic heterocycles. The van der Waals surface area contributed by atoms with Gasteiger partial charge in [0, 0.05) is 26.2 Å². The lowest BCUT2D eigenvalue weighted by Gasteiger charge is -2.19. The highest BCUT2D eigenvalue weighted by Gasteiger charge is 2.11. The third-order valence-corrected chi connectivity index (χ3v) is 3.12. The maximum atomic E-state index is 11.6. The lowest BCUT2D eigenvalue weighted by atomic mass is 10.4. The van der Waals surface area contributed by atoms with E-state index in [1.807, 2.05) is 31.2 Å². The van der Waals surface area contributed by atoms with Crippen LogP contribution >= 0.6 is 11.8 Å². The summed E-state index contributed by atoms with van der Waals surface area (Å²) in [7, 11) is 1.85. The molecule has 0 fully saturated rings. The van der Waals surface area contributed by atoms with Crippen molar-refractivity contribution in [1.82, 2.24) is 15.3 Å². The van der Waals surface area contributed by atoms with Crippen LogP contribution in [-0.2, 0) is 4.79 Å². The number of rotatable bonds is 8. The van der Waals surface area contributed by atoms with E-state index in [4.69, 9.17) is 0 Å². The molecule has 0 aliphatic rings. The van der Waals surface area contributed by atoms with Crippen molar-refractivity contribution in [3.8, 4) is 0 Å². The molecular formula is C13H23N5OS. The normalized spacial score (nSPS) is 10.2. The number of hydrogen-bond donors (Lipinski definition) is 2. The smallest absolute Gasteiger partial charge is 0.239 e. The Kier molecular flexibility index (Phi) is 7.14. The maximum absolute atomic E-state index is 11.6. The first-order valence-electron chi connectivity index (χ1n) is 6.75. The first-order valence-corrected chi connectivity index (χ1v) is 7.97. The molecule has 1 heterocycles. The highest BCUT2D eigenvalue weighted by molar-refractivity contribution is 7.98. The van der Waals surface area contributed by atoms with Gasteiger partial charge < -0.3 is 15.5 Å². The second-order valence-corrected chi connectivity index (χ2v) is 5.11. The minimum atomic E-state index is -0.0117. The standard InChI is InChI=1S/C13H23N5OS/c1-5-7-15-10-8-11(17-13(16-10)20-4)18(3)9-12(19)14-6-2/h8H,5-7,9H2,1-4H3,(H,14,19)(H,15,16,17). The lowest BCUT2D eigenvalue weighted by Crippen LogP contribution is -2.35. The Hall–Kier alpha value is -1.50. The molecule has 0 radical (unpaired) electrons. The summed E-state index contributed by atoms with van der Waals surface area (Å²) in [6.45, 7) is 5.79. The van der Waals surface area contributed by atoms with Gasteiger partial charge >= 0.3 is 0 Å². The summed E-state index contributed by atoms with van der Waals surface area (Å²) in [6, 6.07) is 1.87.